The molecular weight excluding hydrogens is 270 g/mol. The van der Waals surface area contributed by atoms with Crippen molar-refractivity contribution in [2.75, 3.05) is 23.7 Å². The van der Waals surface area contributed by atoms with Gasteiger partial charge in [0.15, 0.2) is 0 Å². The zero-order valence-electron chi connectivity index (χ0n) is 10.2. The number of amides is 1. The van der Waals surface area contributed by atoms with E-state index in [0.29, 0.717) is 11.5 Å². The van der Waals surface area contributed by atoms with Crippen molar-refractivity contribution in [1.29, 1.82) is 0 Å². The molecule has 0 unspecified atom stereocenters. The lowest BCUT2D eigenvalue weighted by atomic mass is 10.3. The fourth-order valence-corrected chi connectivity index (χ4v) is 2.73. The van der Waals surface area contributed by atoms with Gasteiger partial charge in [0.1, 0.15) is 5.76 Å². The number of hydrogen-bond donors (Lipinski definition) is 2. The molecule has 6 heteroatoms. The van der Waals surface area contributed by atoms with Crippen LogP contribution in [0.4, 0.5) is 0 Å². The first-order valence-electron chi connectivity index (χ1n) is 5.46. The van der Waals surface area contributed by atoms with E-state index in [1.807, 2.05) is 6.26 Å². The summed E-state index contributed by atoms with van der Waals surface area (Å²) in [4.78, 5) is 11.6. The zero-order chi connectivity index (χ0) is 13.2. The molecule has 1 aromatic rings. The van der Waals surface area contributed by atoms with Gasteiger partial charge in [0.05, 0.1) is 18.9 Å². The van der Waals surface area contributed by atoms with Gasteiger partial charge in [-0.3, -0.25) is 4.79 Å². The van der Waals surface area contributed by atoms with Crippen molar-refractivity contribution in [3.8, 4) is 0 Å². The highest BCUT2D eigenvalue weighted by Crippen LogP contribution is 2.09. The third-order valence-corrected chi connectivity index (χ3v) is 4.28. The standard InChI is InChI=1S/C12H17NO3S2/c1-17-9-18-8-10(7-14)13-12(15)5-4-11-3-2-6-16-11/h2-6,10,14H,7-9H2,1H3,(H,13,15)/b5-4+/t10-/m1/s1. The maximum Gasteiger partial charge on any atom is 0.244 e. The topological polar surface area (TPSA) is 62.5 Å². The number of hydrogen-bond acceptors (Lipinski definition) is 5. The van der Waals surface area contributed by atoms with Crippen LogP contribution in [-0.4, -0.2) is 40.8 Å². The van der Waals surface area contributed by atoms with Crippen molar-refractivity contribution in [2.45, 2.75) is 6.04 Å². The summed E-state index contributed by atoms with van der Waals surface area (Å²) in [5.74, 6) is 1.11. The Balaban J connectivity index is 2.32. The third kappa shape index (κ3) is 6.18. The summed E-state index contributed by atoms with van der Waals surface area (Å²) in [5.41, 5.74) is 0. The molecule has 1 heterocycles. The zero-order valence-corrected chi connectivity index (χ0v) is 11.8. The summed E-state index contributed by atoms with van der Waals surface area (Å²) in [6, 6.07) is 3.31. The van der Waals surface area contributed by atoms with Gasteiger partial charge in [0, 0.05) is 16.9 Å². The SMILES string of the molecule is CSCSC[C@@H](CO)NC(=O)/C=C/c1ccco1. The minimum atomic E-state index is -0.227. The number of carbonyl (C=O) groups excluding carboxylic acids is 1. The van der Waals surface area contributed by atoms with Gasteiger partial charge in [-0.15, -0.1) is 11.8 Å². The quantitative estimate of drug-likeness (QED) is 0.434. The van der Waals surface area contributed by atoms with Crippen LogP contribution in [0, 0.1) is 0 Å². The lowest BCUT2D eigenvalue weighted by Crippen LogP contribution is -2.38. The molecule has 0 bridgehead atoms. The molecule has 0 radical (unpaired) electrons. The molecule has 1 aromatic heterocycles. The molecule has 0 aromatic carbocycles. The van der Waals surface area contributed by atoms with Gasteiger partial charge in [-0.25, -0.2) is 0 Å². The van der Waals surface area contributed by atoms with Crippen molar-refractivity contribution >= 4 is 35.5 Å². The Labute approximate surface area is 115 Å². The van der Waals surface area contributed by atoms with Gasteiger partial charge in [-0.1, -0.05) is 0 Å². The Morgan fingerprint density at radius 3 is 3.11 bits per heavy atom. The minimum Gasteiger partial charge on any atom is -0.465 e. The number of aliphatic hydroxyl groups excluding tert-OH is 1. The second-order valence-corrected chi connectivity index (χ2v) is 5.78. The molecule has 18 heavy (non-hydrogen) atoms. The molecule has 0 aliphatic carbocycles. The average molecular weight is 287 g/mol. The maximum absolute atomic E-state index is 11.6. The van der Waals surface area contributed by atoms with Crippen LogP contribution >= 0.6 is 23.5 Å². The molecule has 100 valence electrons. The van der Waals surface area contributed by atoms with Crippen LogP contribution in [0.3, 0.4) is 0 Å². The molecule has 1 atom stereocenters. The van der Waals surface area contributed by atoms with Crippen molar-refractivity contribution in [1.82, 2.24) is 5.32 Å². The summed E-state index contributed by atoms with van der Waals surface area (Å²) in [6.45, 7) is -0.0539. The normalized spacial score (nSPS) is 12.8. The minimum absolute atomic E-state index is 0.0539. The molecule has 1 rings (SSSR count). The monoisotopic (exact) mass is 287 g/mol. The van der Waals surface area contributed by atoms with E-state index in [0.717, 1.165) is 5.08 Å². The van der Waals surface area contributed by atoms with Gasteiger partial charge >= 0.3 is 0 Å². The van der Waals surface area contributed by atoms with E-state index >= 15 is 0 Å². The van der Waals surface area contributed by atoms with Gasteiger partial charge < -0.3 is 14.8 Å². The Bertz CT molecular complexity index is 365. The van der Waals surface area contributed by atoms with E-state index in [2.05, 4.69) is 5.32 Å². The van der Waals surface area contributed by atoms with Crippen LogP contribution in [0.5, 0.6) is 0 Å². The molecule has 0 fully saturated rings. The number of aliphatic hydroxyl groups is 1. The maximum atomic E-state index is 11.6. The number of carbonyl (C=O) groups is 1. The Kier molecular flexibility index (Phi) is 7.71. The van der Waals surface area contributed by atoms with E-state index in [1.54, 1.807) is 48.0 Å². The smallest absolute Gasteiger partial charge is 0.244 e. The van der Waals surface area contributed by atoms with Crippen LogP contribution < -0.4 is 5.32 Å². The summed E-state index contributed by atoms with van der Waals surface area (Å²) >= 11 is 3.41. The lowest BCUT2D eigenvalue weighted by molar-refractivity contribution is -0.117. The highest BCUT2D eigenvalue weighted by atomic mass is 32.2. The first kappa shape index (κ1) is 15.2. The van der Waals surface area contributed by atoms with E-state index in [-0.39, 0.29) is 18.6 Å². The molecule has 4 nitrogen and oxygen atoms in total. The molecule has 1 amide bonds. The van der Waals surface area contributed by atoms with Gasteiger partial charge in [-0.2, -0.15) is 11.8 Å². The van der Waals surface area contributed by atoms with Crippen LogP contribution in [0.25, 0.3) is 6.08 Å². The highest BCUT2D eigenvalue weighted by Gasteiger charge is 2.09. The Hall–Kier alpha value is -0.850. The lowest BCUT2D eigenvalue weighted by Gasteiger charge is -2.14. The van der Waals surface area contributed by atoms with E-state index in [9.17, 15) is 4.79 Å². The van der Waals surface area contributed by atoms with Gasteiger partial charge in [0.2, 0.25) is 5.91 Å². The van der Waals surface area contributed by atoms with Crippen LogP contribution in [0.1, 0.15) is 5.76 Å². The summed E-state index contributed by atoms with van der Waals surface area (Å²) in [7, 11) is 0. The number of furan rings is 1. The summed E-state index contributed by atoms with van der Waals surface area (Å²) < 4.78 is 5.07. The summed E-state index contributed by atoms with van der Waals surface area (Å²) in [5, 5.41) is 12.8. The molecule has 0 spiro atoms. The molecule has 0 saturated carbocycles. The van der Waals surface area contributed by atoms with Gasteiger partial charge in [0.25, 0.3) is 0 Å². The third-order valence-electron chi connectivity index (χ3n) is 2.03. The van der Waals surface area contributed by atoms with Crippen molar-refractivity contribution in [3.63, 3.8) is 0 Å². The van der Waals surface area contributed by atoms with Crippen molar-refractivity contribution < 1.29 is 14.3 Å². The predicted octanol–water partition coefficient (Wildman–Crippen LogP) is 1.82. The van der Waals surface area contributed by atoms with Crippen LogP contribution in [-0.2, 0) is 4.79 Å². The molecule has 0 saturated heterocycles. The summed E-state index contributed by atoms with van der Waals surface area (Å²) in [6.07, 6.45) is 6.57. The Morgan fingerprint density at radius 2 is 2.50 bits per heavy atom. The van der Waals surface area contributed by atoms with Crippen molar-refractivity contribution in [3.05, 3.63) is 30.2 Å². The largest absolute Gasteiger partial charge is 0.465 e. The first-order chi connectivity index (χ1) is 8.76. The Morgan fingerprint density at radius 1 is 1.67 bits per heavy atom. The number of rotatable bonds is 8. The first-order valence-corrected chi connectivity index (χ1v) is 8.00. The number of thioether (sulfide) groups is 2. The van der Waals surface area contributed by atoms with Crippen molar-refractivity contribution in [2.24, 2.45) is 0 Å². The molecule has 0 aliphatic heterocycles. The van der Waals surface area contributed by atoms with Gasteiger partial charge in [-0.05, 0) is 24.5 Å². The fraction of sp³-hybridized carbons (Fsp3) is 0.417. The van der Waals surface area contributed by atoms with E-state index in [4.69, 9.17) is 9.52 Å². The molecule has 0 aliphatic rings. The highest BCUT2D eigenvalue weighted by molar-refractivity contribution is 8.15. The van der Waals surface area contributed by atoms with E-state index in [1.165, 1.54) is 6.08 Å². The fourth-order valence-electron chi connectivity index (χ4n) is 1.21. The predicted molar refractivity (Wildman–Crippen MR) is 77.6 cm³/mol. The molecule has 2 N–H and O–H groups in total. The molecular formula is C12H17NO3S2. The average Bonchev–Trinajstić information content (AvgIpc) is 2.88. The second kappa shape index (κ2) is 9.13. The van der Waals surface area contributed by atoms with Crippen LogP contribution in [0.2, 0.25) is 0 Å². The second-order valence-electron chi connectivity index (χ2n) is 3.51. The number of nitrogens with one attached hydrogen (secondary N) is 1. The van der Waals surface area contributed by atoms with E-state index < -0.39 is 0 Å². The van der Waals surface area contributed by atoms with Crippen LogP contribution in [0.15, 0.2) is 28.9 Å².